The molecule has 8 heteroatoms. The van der Waals surface area contributed by atoms with Crippen molar-refractivity contribution >= 4 is 35.1 Å². The third kappa shape index (κ3) is 3.43. The molecule has 0 radical (unpaired) electrons. The first kappa shape index (κ1) is 18.0. The van der Waals surface area contributed by atoms with Crippen molar-refractivity contribution in [3.8, 4) is 5.88 Å². The van der Waals surface area contributed by atoms with Gasteiger partial charge < -0.3 is 19.0 Å². The average Bonchev–Trinajstić information content (AvgIpc) is 3.12. The third-order valence-corrected chi connectivity index (χ3v) is 4.36. The highest BCUT2D eigenvalue weighted by molar-refractivity contribution is 5.96. The number of amides is 1. The second-order valence-electron chi connectivity index (χ2n) is 5.86. The first-order valence-corrected chi connectivity index (χ1v) is 8.15. The minimum atomic E-state index is -0.0725. The number of ether oxygens (including phenoxy) is 1. The van der Waals surface area contributed by atoms with Gasteiger partial charge in [0.2, 0.25) is 5.88 Å². The molecule has 1 aromatic carbocycles. The Bertz CT molecular complexity index is 856. The van der Waals surface area contributed by atoms with E-state index in [0.29, 0.717) is 37.8 Å². The summed E-state index contributed by atoms with van der Waals surface area (Å²) in [6.07, 6.45) is 0. The molecule has 2 aromatic heterocycles. The van der Waals surface area contributed by atoms with E-state index >= 15 is 0 Å². The van der Waals surface area contributed by atoms with E-state index in [2.05, 4.69) is 15.1 Å². The van der Waals surface area contributed by atoms with Gasteiger partial charge >= 0.3 is 0 Å². The Hall–Kier alpha value is -2.80. The van der Waals surface area contributed by atoms with Crippen LogP contribution in [0, 0.1) is 0 Å². The molecule has 1 aliphatic heterocycles. The van der Waals surface area contributed by atoms with Gasteiger partial charge in [0.15, 0.2) is 11.6 Å². The van der Waals surface area contributed by atoms with Crippen molar-refractivity contribution in [2.75, 3.05) is 38.2 Å². The van der Waals surface area contributed by atoms with Crippen LogP contribution in [0.5, 0.6) is 5.88 Å². The number of aromatic nitrogens is 2. The normalized spacial score (nSPS) is 14.2. The van der Waals surface area contributed by atoms with Crippen molar-refractivity contribution in [3.63, 3.8) is 0 Å². The Kier molecular flexibility index (Phi) is 5.27. The summed E-state index contributed by atoms with van der Waals surface area (Å²) in [4.78, 5) is 16.6. The van der Waals surface area contributed by atoms with Crippen molar-refractivity contribution < 1.29 is 13.9 Å². The van der Waals surface area contributed by atoms with Crippen LogP contribution >= 0.6 is 12.4 Å². The largest absolute Gasteiger partial charge is 0.480 e. The predicted octanol–water partition coefficient (Wildman–Crippen LogP) is 2.62. The third-order valence-electron chi connectivity index (χ3n) is 4.36. The molecule has 1 saturated heterocycles. The quantitative estimate of drug-likeness (QED) is 0.701. The number of anilines is 1. The molecule has 3 aromatic rings. The number of furan rings is 1. The minimum Gasteiger partial charge on any atom is -0.480 e. The highest BCUT2D eigenvalue weighted by Crippen LogP contribution is 2.21. The van der Waals surface area contributed by atoms with Crippen LogP contribution in [0.25, 0.3) is 11.0 Å². The number of halogens is 1. The smallest absolute Gasteiger partial charge is 0.289 e. The monoisotopic (exact) mass is 374 g/mol. The topological polar surface area (TPSA) is 71.7 Å². The molecule has 1 fully saturated rings. The van der Waals surface area contributed by atoms with Crippen LogP contribution in [0.15, 0.2) is 46.9 Å². The van der Waals surface area contributed by atoms with Gasteiger partial charge in [-0.3, -0.25) is 4.79 Å². The lowest BCUT2D eigenvalue weighted by Crippen LogP contribution is -2.49. The number of carbonyl (C=O) groups excluding carboxylic acids is 1. The molecule has 0 unspecified atom stereocenters. The van der Waals surface area contributed by atoms with Crippen molar-refractivity contribution in [2.24, 2.45) is 0 Å². The summed E-state index contributed by atoms with van der Waals surface area (Å²) >= 11 is 0. The van der Waals surface area contributed by atoms with Crippen LogP contribution in [-0.4, -0.2) is 54.3 Å². The van der Waals surface area contributed by atoms with Crippen molar-refractivity contribution in [3.05, 3.63) is 48.2 Å². The van der Waals surface area contributed by atoms with Crippen LogP contribution in [0.3, 0.4) is 0 Å². The van der Waals surface area contributed by atoms with Gasteiger partial charge in [-0.1, -0.05) is 18.2 Å². The van der Waals surface area contributed by atoms with Crippen molar-refractivity contribution in [1.29, 1.82) is 0 Å². The van der Waals surface area contributed by atoms with E-state index in [1.165, 1.54) is 0 Å². The lowest BCUT2D eigenvalue weighted by Gasteiger charge is -2.34. The zero-order valence-electron chi connectivity index (χ0n) is 14.3. The van der Waals surface area contributed by atoms with Crippen LogP contribution < -0.4 is 9.64 Å². The molecular formula is C18H19ClN4O3. The van der Waals surface area contributed by atoms with Crippen molar-refractivity contribution in [2.45, 2.75) is 0 Å². The van der Waals surface area contributed by atoms with E-state index in [1.807, 2.05) is 35.2 Å². The van der Waals surface area contributed by atoms with Crippen LogP contribution in [-0.2, 0) is 0 Å². The molecule has 0 saturated carbocycles. The molecule has 3 heterocycles. The fourth-order valence-electron chi connectivity index (χ4n) is 2.97. The molecule has 136 valence electrons. The molecule has 0 bridgehead atoms. The van der Waals surface area contributed by atoms with Gasteiger partial charge in [0.05, 0.1) is 7.11 Å². The van der Waals surface area contributed by atoms with Gasteiger partial charge in [0, 0.05) is 37.6 Å². The summed E-state index contributed by atoms with van der Waals surface area (Å²) in [7, 11) is 1.56. The summed E-state index contributed by atoms with van der Waals surface area (Å²) in [5.74, 6) is 1.59. The minimum absolute atomic E-state index is 0. The Morgan fingerprint density at radius 1 is 1.08 bits per heavy atom. The number of benzene rings is 1. The molecule has 1 aliphatic rings. The predicted molar refractivity (Wildman–Crippen MR) is 100 cm³/mol. The number of para-hydroxylation sites is 1. The summed E-state index contributed by atoms with van der Waals surface area (Å²) < 4.78 is 10.7. The van der Waals surface area contributed by atoms with E-state index < -0.39 is 0 Å². The molecule has 1 amide bonds. The lowest BCUT2D eigenvalue weighted by molar-refractivity contribution is 0.0717. The second kappa shape index (κ2) is 7.61. The maximum Gasteiger partial charge on any atom is 0.289 e. The van der Waals surface area contributed by atoms with Crippen LogP contribution in [0.1, 0.15) is 10.6 Å². The fraction of sp³-hybridized carbons (Fsp3) is 0.278. The number of fused-ring (bicyclic) bond motifs is 1. The van der Waals surface area contributed by atoms with Gasteiger partial charge in [-0.15, -0.1) is 22.6 Å². The first-order chi connectivity index (χ1) is 12.2. The molecule has 7 nitrogen and oxygen atoms in total. The van der Waals surface area contributed by atoms with Gasteiger partial charge in [0.25, 0.3) is 5.91 Å². The van der Waals surface area contributed by atoms with E-state index in [4.69, 9.17) is 9.15 Å². The van der Waals surface area contributed by atoms with Crippen LogP contribution in [0.4, 0.5) is 5.82 Å². The number of carbonyl (C=O) groups is 1. The number of nitrogens with zero attached hydrogens (tertiary/aromatic N) is 4. The van der Waals surface area contributed by atoms with Crippen LogP contribution in [0.2, 0.25) is 0 Å². The average molecular weight is 375 g/mol. The molecule has 0 aliphatic carbocycles. The number of piperazine rings is 1. The first-order valence-electron chi connectivity index (χ1n) is 8.15. The summed E-state index contributed by atoms with van der Waals surface area (Å²) in [6, 6.07) is 13.1. The lowest BCUT2D eigenvalue weighted by atomic mass is 10.2. The maximum absolute atomic E-state index is 12.7. The zero-order chi connectivity index (χ0) is 17.2. The fourth-order valence-corrected chi connectivity index (χ4v) is 2.97. The SMILES string of the molecule is COc1ccc(N2CCN(C(=O)c3cc4ccccc4o3)CC2)nn1.Cl. The number of hydrogen-bond acceptors (Lipinski definition) is 6. The maximum atomic E-state index is 12.7. The molecular weight excluding hydrogens is 356 g/mol. The standard InChI is InChI=1S/C18H18N4O3.ClH/c1-24-17-7-6-16(19-20-17)21-8-10-22(11-9-21)18(23)15-12-13-4-2-3-5-14(13)25-15;/h2-7,12H,8-11H2,1H3;1H. The Balaban J connectivity index is 0.00000196. The Labute approximate surface area is 157 Å². The highest BCUT2D eigenvalue weighted by atomic mass is 35.5. The number of rotatable bonds is 3. The second-order valence-corrected chi connectivity index (χ2v) is 5.86. The molecule has 26 heavy (non-hydrogen) atoms. The molecule has 4 rings (SSSR count). The highest BCUT2D eigenvalue weighted by Gasteiger charge is 2.25. The van der Waals surface area contributed by atoms with Gasteiger partial charge in [-0.25, -0.2) is 0 Å². The Morgan fingerprint density at radius 3 is 2.50 bits per heavy atom. The van der Waals surface area contributed by atoms with E-state index in [9.17, 15) is 4.79 Å². The summed E-state index contributed by atoms with van der Waals surface area (Å²) in [5, 5.41) is 9.09. The van der Waals surface area contributed by atoms with E-state index in [-0.39, 0.29) is 18.3 Å². The van der Waals surface area contributed by atoms with Gasteiger partial charge in [-0.05, 0) is 18.2 Å². The number of methoxy groups -OCH3 is 1. The van der Waals surface area contributed by atoms with Gasteiger partial charge in [-0.2, -0.15) is 0 Å². The summed E-state index contributed by atoms with van der Waals surface area (Å²) in [6.45, 7) is 2.63. The van der Waals surface area contributed by atoms with Gasteiger partial charge in [0.1, 0.15) is 5.58 Å². The van der Waals surface area contributed by atoms with Crippen molar-refractivity contribution in [1.82, 2.24) is 15.1 Å². The molecule has 0 spiro atoms. The number of hydrogen-bond donors (Lipinski definition) is 0. The van der Waals surface area contributed by atoms with E-state index in [0.717, 1.165) is 16.8 Å². The zero-order valence-corrected chi connectivity index (χ0v) is 15.1. The molecule has 0 atom stereocenters. The molecule has 0 N–H and O–H groups in total. The van der Waals surface area contributed by atoms with E-state index in [1.54, 1.807) is 19.2 Å². The summed E-state index contributed by atoms with van der Waals surface area (Å²) in [5.41, 5.74) is 0.734. The Morgan fingerprint density at radius 2 is 1.85 bits per heavy atom.